The Bertz CT molecular complexity index is 5080. The van der Waals surface area contributed by atoms with E-state index in [9.17, 15) is 0 Å². The van der Waals surface area contributed by atoms with E-state index in [4.69, 9.17) is 0 Å². The van der Waals surface area contributed by atoms with Gasteiger partial charge in [0.1, 0.15) is 0 Å². The number of fused-ring (bicyclic) bond motifs is 12. The van der Waals surface area contributed by atoms with Crippen LogP contribution in [-0.2, 0) is 16.6 Å². The van der Waals surface area contributed by atoms with Crippen molar-refractivity contribution < 1.29 is 0 Å². The summed E-state index contributed by atoms with van der Waals surface area (Å²) in [5.41, 5.74) is 31.0. The molecule has 0 fully saturated rings. The van der Waals surface area contributed by atoms with Gasteiger partial charge in [0.15, 0.2) is 0 Å². The molecule has 13 aromatic carbocycles. The molecular formula is C85H58S2. The zero-order valence-electron chi connectivity index (χ0n) is 48.4. The van der Waals surface area contributed by atoms with Gasteiger partial charge >= 0.3 is 0 Å². The molecule has 0 nitrogen and oxygen atoms in total. The van der Waals surface area contributed by atoms with Crippen LogP contribution in [0.4, 0.5) is 0 Å². The highest BCUT2D eigenvalue weighted by Crippen LogP contribution is 2.59. The summed E-state index contributed by atoms with van der Waals surface area (Å²) in [5.74, 6) is 0.970. The quantitative estimate of drug-likeness (QED) is 0.130. The van der Waals surface area contributed by atoms with Gasteiger partial charge in [-0.1, -0.05) is 305 Å². The van der Waals surface area contributed by atoms with Crippen LogP contribution in [0.15, 0.2) is 302 Å². The average Bonchev–Trinajstić information content (AvgIpc) is 1.73. The van der Waals surface area contributed by atoms with E-state index in [0.29, 0.717) is 0 Å². The lowest BCUT2D eigenvalue weighted by Gasteiger charge is -2.34. The smallest absolute Gasteiger partial charge is 0.0713 e. The maximum Gasteiger partial charge on any atom is 0.0713 e. The third kappa shape index (κ3) is 8.19. The Labute approximate surface area is 517 Å². The van der Waals surface area contributed by atoms with Crippen LogP contribution in [-0.4, -0.2) is 0 Å². The minimum absolute atomic E-state index is 0.0990. The SMILES string of the molecule is CC1(C)c2ccccc2-c2ccc(/C=C(/c3ccc(-c4ccccc4)cc3)c3ccc(-c4cccc5c4-c4ccccc4C5(c4ccc(-c5cccc6c5SCc5ccccc5-6)cc4)c4ccc(-c5cccc6c5sc5ccccc56)cc4)cc3)cc21. The minimum Gasteiger partial charge on any atom is -0.135 e. The van der Waals surface area contributed by atoms with Gasteiger partial charge in [-0.25, -0.2) is 0 Å². The second-order valence-electron chi connectivity index (χ2n) is 24.1. The number of thioether (sulfide) groups is 1. The Balaban J connectivity index is 0.807. The highest BCUT2D eigenvalue weighted by molar-refractivity contribution is 7.98. The fraction of sp³-hybridized carbons (Fsp3) is 0.0588. The second-order valence-corrected chi connectivity index (χ2v) is 26.2. The number of rotatable bonds is 9. The summed E-state index contributed by atoms with van der Waals surface area (Å²) < 4.78 is 2.65. The van der Waals surface area contributed by atoms with E-state index < -0.39 is 5.41 Å². The molecule has 1 unspecified atom stereocenters. The van der Waals surface area contributed by atoms with Crippen molar-refractivity contribution in [3.05, 3.63) is 353 Å². The molecule has 410 valence electrons. The van der Waals surface area contributed by atoms with Crippen molar-refractivity contribution in [3.8, 4) is 77.9 Å². The molecule has 0 N–H and O–H groups in total. The van der Waals surface area contributed by atoms with E-state index in [-0.39, 0.29) is 5.41 Å². The van der Waals surface area contributed by atoms with Gasteiger partial charge in [0.25, 0.3) is 0 Å². The highest BCUT2D eigenvalue weighted by atomic mass is 32.2. The molecule has 0 saturated carbocycles. The zero-order valence-corrected chi connectivity index (χ0v) is 50.0. The molecule has 1 atom stereocenters. The van der Waals surface area contributed by atoms with E-state index in [2.05, 4.69) is 317 Å². The van der Waals surface area contributed by atoms with Gasteiger partial charge in [-0.3, -0.25) is 0 Å². The predicted octanol–water partition coefficient (Wildman–Crippen LogP) is 23.3. The fourth-order valence-electron chi connectivity index (χ4n) is 14.9. The summed E-state index contributed by atoms with van der Waals surface area (Å²) in [7, 11) is 0. The first-order chi connectivity index (χ1) is 42.9. The van der Waals surface area contributed by atoms with Crippen LogP contribution in [0.1, 0.15) is 69.5 Å². The number of thiophene rings is 1. The molecule has 1 aliphatic heterocycles. The van der Waals surface area contributed by atoms with Crippen LogP contribution in [0, 0.1) is 0 Å². The van der Waals surface area contributed by atoms with Crippen LogP contribution >= 0.6 is 23.1 Å². The summed E-state index contributed by atoms with van der Waals surface area (Å²) in [6, 6.07) is 112. The van der Waals surface area contributed by atoms with Crippen LogP contribution < -0.4 is 0 Å². The van der Waals surface area contributed by atoms with Gasteiger partial charge in [-0.2, -0.15) is 0 Å². The molecular weight excluding hydrogens is 1090 g/mol. The number of hydrogen-bond acceptors (Lipinski definition) is 2. The van der Waals surface area contributed by atoms with Crippen molar-refractivity contribution in [1.82, 2.24) is 0 Å². The molecule has 2 heterocycles. The number of benzene rings is 13. The Morgan fingerprint density at radius 2 is 0.874 bits per heavy atom. The van der Waals surface area contributed by atoms with Crippen LogP contribution in [0.2, 0.25) is 0 Å². The Morgan fingerprint density at radius 1 is 0.356 bits per heavy atom. The molecule has 0 saturated heterocycles. The second kappa shape index (κ2) is 20.4. The van der Waals surface area contributed by atoms with E-state index in [1.165, 1.54) is 164 Å². The molecule has 87 heavy (non-hydrogen) atoms. The summed E-state index contributed by atoms with van der Waals surface area (Å²) in [6.07, 6.45) is 2.40. The molecule has 1 aromatic heterocycles. The van der Waals surface area contributed by atoms with Crippen LogP contribution in [0.5, 0.6) is 0 Å². The minimum atomic E-state index is -0.625. The van der Waals surface area contributed by atoms with Crippen LogP contribution in [0.25, 0.3) is 110 Å². The first-order valence-electron chi connectivity index (χ1n) is 30.3. The Hall–Kier alpha value is -9.83. The molecule has 0 radical (unpaired) electrons. The Kier molecular flexibility index (Phi) is 12.1. The van der Waals surface area contributed by atoms with E-state index in [1.54, 1.807) is 0 Å². The van der Waals surface area contributed by atoms with Gasteiger partial charge in [0.05, 0.1) is 5.41 Å². The molecule has 3 aliphatic rings. The van der Waals surface area contributed by atoms with Gasteiger partial charge in [0.2, 0.25) is 0 Å². The molecule has 0 bridgehead atoms. The molecule has 0 amide bonds. The van der Waals surface area contributed by atoms with E-state index in [0.717, 1.165) is 5.75 Å². The maximum absolute atomic E-state index is 2.43. The largest absolute Gasteiger partial charge is 0.135 e. The molecule has 17 rings (SSSR count). The van der Waals surface area contributed by atoms with Gasteiger partial charge in [-0.05, 0) is 151 Å². The maximum atomic E-state index is 2.43. The monoisotopic (exact) mass is 1140 g/mol. The summed E-state index contributed by atoms with van der Waals surface area (Å²) in [6.45, 7) is 4.73. The first-order valence-corrected chi connectivity index (χ1v) is 32.1. The Morgan fingerprint density at radius 3 is 1.64 bits per heavy atom. The third-order valence-corrected chi connectivity index (χ3v) is 21.6. The highest BCUT2D eigenvalue weighted by Gasteiger charge is 2.47. The first kappa shape index (κ1) is 51.6. The van der Waals surface area contributed by atoms with Crippen LogP contribution in [0.3, 0.4) is 0 Å². The number of hydrogen-bond donors (Lipinski definition) is 0. The zero-order chi connectivity index (χ0) is 57.8. The lowest BCUT2D eigenvalue weighted by molar-refractivity contribution is 0.660. The predicted molar refractivity (Wildman–Crippen MR) is 371 cm³/mol. The average molecular weight is 1140 g/mol. The molecule has 0 spiro atoms. The van der Waals surface area contributed by atoms with E-state index in [1.807, 2.05) is 23.1 Å². The van der Waals surface area contributed by atoms with Gasteiger partial charge < -0.3 is 0 Å². The molecule has 2 heteroatoms. The van der Waals surface area contributed by atoms with Crippen molar-refractivity contribution >= 4 is 54.9 Å². The summed E-state index contributed by atoms with van der Waals surface area (Å²) in [4.78, 5) is 1.36. The third-order valence-electron chi connectivity index (χ3n) is 19.2. The summed E-state index contributed by atoms with van der Waals surface area (Å²) in [5, 5.41) is 2.63. The van der Waals surface area contributed by atoms with Crippen molar-refractivity contribution in [3.63, 3.8) is 0 Å². The van der Waals surface area contributed by atoms with Gasteiger partial charge in [0, 0.05) is 36.2 Å². The molecule has 14 aromatic rings. The lowest BCUT2D eigenvalue weighted by Crippen LogP contribution is -2.28. The van der Waals surface area contributed by atoms with Gasteiger partial charge in [-0.15, -0.1) is 23.1 Å². The fourth-order valence-corrected chi connectivity index (χ4v) is 17.4. The normalized spacial score (nSPS) is 15.1. The van der Waals surface area contributed by atoms with E-state index >= 15 is 0 Å². The summed E-state index contributed by atoms with van der Waals surface area (Å²) >= 11 is 3.85. The van der Waals surface area contributed by atoms with Crippen molar-refractivity contribution in [2.45, 2.75) is 35.3 Å². The van der Waals surface area contributed by atoms with Crippen molar-refractivity contribution in [2.75, 3.05) is 0 Å². The standard InChI is InChI=1S/C85H58S2/c1-84(2)76-29-11-8-21-69(76)70-50-33-54(52-79(70)84)51-75(60-36-34-56(35-37-60)55-17-4-3-5-18-55)61-40-38-57(39-41-61)66-24-16-31-78-81(66)74-23-9-12-30-77(74)85(78,64-48-44-59(45-49-64)68-26-15-28-73-71-22-10-13-32-80(71)87-83(68)73)63-46-42-58(43-47-63)67-25-14-27-72-65-20-7-6-19-62(65)53-86-82(67)72/h3-52H,53H2,1-2H3/b75-51-. The molecule has 2 aliphatic carbocycles. The van der Waals surface area contributed by atoms with Crippen molar-refractivity contribution in [2.24, 2.45) is 0 Å². The van der Waals surface area contributed by atoms with Crippen molar-refractivity contribution in [1.29, 1.82) is 0 Å². The lowest BCUT2D eigenvalue weighted by atomic mass is 9.67. The topological polar surface area (TPSA) is 0 Å².